The van der Waals surface area contributed by atoms with Crippen molar-refractivity contribution in [3.05, 3.63) is 29.8 Å². The van der Waals surface area contributed by atoms with Crippen LogP contribution >= 0.6 is 0 Å². The number of hydrogen-bond acceptors (Lipinski definition) is 4. The zero-order valence-corrected chi connectivity index (χ0v) is 16.8. The molecule has 0 radical (unpaired) electrons. The molecule has 2 aliphatic heterocycles. The Bertz CT molecular complexity index is 680. The molecule has 6 nitrogen and oxygen atoms in total. The number of piperidine rings is 1. The van der Waals surface area contributed by atoms with E-state index in [1.54, 1.807) is 19.2 Å². The first-order valence-electron chi connectivity index (χ1n) is 9.92. The Morgan fingerprint density at radius 3 is 2.48 bits per heavy atom. The average Bonchev–Trinajstić information content (AvgIpc) is 2.92. The molecule has 148 valence electrons. The Hall–Kier alpha value is -2.08. The molecule has 6 heteroatoms. The molecule has 0 saturated carbocycles. The average molecular weight is 373 g/mol. The summed E-state index contributed by atoms with van der Waals surface area (Å²) in [7, 11) is 1.61. The summed E-state index contributed by atoms with van der Waals surface area (Å²) in [6, 6.07) is 7.08. The first-order valence-corrected chi connectivity index (χ1v) is 9.92. The van der Waals surface area contributed by atoms with E-state index in [2.05, 4.69) is 19.2 Å². The van der Waals surface area contributed by atoms with Crippen LogP contribution < -0.4 is 10.1 Å². The molecule has 3 rings (SSSR count). The van der Waals surface area contributed by atoms with E-state index in [0.29, 0.717) is 24.6 Å². The molecule has 1 N–H and O–H groups in total. The summed E-state index contributed by atoms with van der Waals surface area (Å²) < 4.78 is 5.16. The maximum absolute atomic E-state index is 12.8. The van der Waals surface area contributed by atoms with Gasteiger partial charge in [-0.25, -0.2) is 0 Å². The second kappa shape index (κ2) is 7.89. The zero-order chi connectivity index (χ0) is 19.6. The van der Waals surface area contributed by atoms with Gasteiger partial charge in [-0.3, -0.25) is 14.9 Å². The van der Waals surface area contributed by atoms with Gasteiger partial charge in [0, 0.05) is 38.0 Å². The minimum Gasteiger partial charge on any atom is -0.497 e. The fourth-order valence-electron chi connectivity index (χ4n) is 4.10. The van der Waals surface area contributed by atoms with E-state index in [1.165, 1.54) is 0 Å². The van der Waals surface area contributed by atoms with Gasteiger partial charge >= 0.3 is 0 Å². The molecule has 2 atom stereocenters. The summed E-state index contributed by atoms with van der Waals surface area (Å²) in [5, 5.41) is 3.53. The third kappa shape index (κ3) is 3.81. The van der Waals surface area contributed by atoms with Crippen molar-refractivity contribution in [1.29, 1.82) is 0 Å². The largest absolute Gasteiger partial charge is 0.497 e. The van der Waals surface area contributed by atoms with Crippen molar-refractivity contribution in [2.75, 3.05) is 26.7 Å². The predicted molar refractivity (Wildman–Crippen MR) is 105 cm³/mol. The quantitative estimate of drug-likeness (QED) is 0.861. The lowest BCUT2D eigenvalue weighted by atomic mass is 9.94. The summed E-state index contributed by atoms with van der Waals surface area (Å²) >= 11 is 0. The second-order valence-corrected chi connectivity index (χ2v) is 7.88. The van der Waals surface area contributed by atoms with Crippen LogP contribution in [0.3, 0.4) is 0 Å². The van der Waals surface area contributed by atoms with Gasteiger partial charge in [-0.05, 0) is 37.1 Å². The third-order valence-corrected chi connectivity index (χ3v) is 6.04. The molecule has 0 bridgehead atoms. The van der Waals surface area contributed by atoms with Crippen molar-refractivity contribution < 1.29 is 14.3 Å². The van der Waals surface area contributed by atoms with Gasteiger partial charge in [0.2, 0.25) is 5.91 Å². The first-order chi connectivity index (χ1) is 12.9. The molecule has 2 amide bonds. The molecule has 0 aromatic heterocycles. The second-order valence-electron chi connectivity index (χ2n) is 7.88. The zero-order valence-electron chi connectivity index (χ0n) is 16.8. The van der Waals surface area contributed by atoms with Crippen molar-refractivity contribution >= 4 is 11.8 Å². The number of carbonyl (C=O) groups excluding carboxylic acids is 2. The van der Waals surface area contributed by atoms with Crippen LogP contribution in [0, 0.1) is 5.92 Å². The van der Waals surface area contributed by atoms with Crippen molar-refractivity contribution in [3.63, 3.8) is 0 Å². The van der Waals surface area contributed by atoms with E-state index in [4.69, 9.17) is 4.74 Å². The van der Waals surface area contributed by atoms with Crippen LogP contribution in [0.15, 0.2) is 24.3 Å². The van der Waals surface area contributed by atoms with E-state index >= 15 is 0 Å². The summed E-state index contributed by atoms with van der Waals surface area (Å²) in [6.07, 6.45) is 2.58. The maximum Gasteiger partial charge on any atom is 0.253 e. The Labute approximate surface area is 161 Å². The van der Waals surface area contributed by atoms with Crippen molar-refractivity contribution in [2.45, 2.75) is 51.7 Å². The molecule has 1 aromatic rings. The van der Waals surface area contributed by atoms with E-state index in [9.17, 15) is 9.59 Å². The van der Waals surface area contributed by atoms with Crippen LogP contribution in [0.25, 0.3) is 0 Å². The molecular formula is C21H31N3O3. The predicted octanol–water partition coefficient (Wildman–Crippen LogP) is 2.49. The minimum absolute atomic E-state index is 0.0401. The van der Waals surface area contributed by atoms with E-state index in [0.717, 1.165) is 31.6 Å². The first kappa shape index (κ1) is 19.7. The number of ether oxygens (including phenoxy) is 1. The molecule has 2 fully saturated rings. The van der Waals surface area contributed by atoms with Crippen LogP contribution in [0.2, 0.25) is 0 Å². The fourth-order valence-corrected chi connectivity index (χ4v) is 4.10. The highest BCUT2D eigenvalue weighted by atomic mass is 16.5. The summed E-state index contributed by atoms with van der Waals surface area (Å²) in [5.41, 5.74) is 0.364. The van der Waals surface area contributed by atoms with Crippen LogP contribution in [0.5, 0.6) is 5.75 Å². The number of carbonyl (C=O) groups is 2. The van der Waals surface area contributed by atoms with E-state index in [-0.39, 0.29) is 23.5 Å². The number of rotatable bonds is 5. The van der Waals surface area contributed by atoms with E-state index in [1.807, 2.05) is 28.9 Å². The van der Waals surface area contributed by atoms with Gasteiger partial charge in [0.15, 0.2) is 0 Å². The van der Waals surface area contributed by atoms with E-state index < -0.39 is 0 Å². The van der Waals surface area contributed by atoms with Crippen molar-refractivity contribution in [1.82, 2.24) is 15.1 Å². The van der Waals surface area contributed by atoms with Crippen molar-refractivity contribution in [2.24, 2.45) is 5.92 Å². The number of amides is 2. The monoisotopic (exact) mass is 373 g/mol. The number of hydrogen-bond donors (Lipinski definition) is 1. The van der Waals surface area contributed by atoms with Gasteiger partial charge in [-0.2, -0.15) is 0 Å². The standard InChI is InChI=1S/C21H31N3O3/c1-5-15(2)14-24-19(25)16(3)22-21(24)10-12-23(13-11-21)20(26)17-6-8-18(27-4)9-7-17/h6-9,15-16,22H,5,10-14H2,1-4H3/t15-,16+/m0/s1. The summed E-state index contributed by atoms with van der Waals surface area (Å²) in [4.78, 5) is 29.5. The van der Waals surface area contributed by atoms with Crippen LogP contribution in [0.4, 0.5) is 0 Å². The van der Waals surface area contributed by atoms with Crippen molar-refractivity contribution in [3.8, 4) is 5.75 Å². The lowest BCUT2D eigenvalue weighted by molar-refractivity contribution is -0.133. The molecule has 0 aliphatic carbocycles. The lowest BCUT2D eigenvalue weighted by Crippen LogP contribution is -2.60. The van der Waals surface area contributed by atoms with Crippen LogP contribution in [-0.4, -0.2) is 60.1 Å². The number of methoxy groups -OCH3 is 1. The number of benzene rings is 1. The summed E-state index contributed by atoms with van der Waals surface area (Å²) in [6.45, 7) is 8.36. The van der Waals surface area contributed by atoms with Gasteiger partial charge in [-0.15, -0.1) is 0 Å². The van der Waals surface area contributed by atoms with Crippen LogP contribution in [0.1, 0.15) is 50.4 Å². The van der Waals surface area contributed by atoms with Gasteiger partial charge in [0.05, 0.1) is 18.8 Å². The molecule has 1 aromatic carbocycles. The van der Waals surface area contributed by atoms with Gasteiger partial charge < -0.3 is 14.5 Å². The fraction of sp³-hybridized carbons (Fsp3) is 0.619. The molecule has 2 heterocycles. The Morgan fingerprint density at radius 2 is 1.93 bits per heavy atom. The highest BCUT2D eigenvalue weighted by molar-refractivity contribution is 5.94. The number of likely N-dealkylation sites (tertiary alicyclic amines) is 1. The van der Waals surface area contributed by atoms with Gasteiger partial charge in [-0.1, -0.05) is 20.3 Å². The normalized spacial score (nSPS) is 23.0. The Balaban J connectivity index is 1.69. The Kier molecular flexibility index (Phi) is 5.75. The van der Waals surface area contributed by atoms with Gasteiger partial charge in [0.25, 0.3) is 5.91 Å². The highest BCUT2D eigenvalue weighted by Crippen LogP contribution is 2.33. The SMILES string of the molecule is CC[C@H](C)CN1C(=O)[C@@H](C)NC12CCN(C(=O)c1ccc(OC)cc1)CC2. The molecule has 0 unspecified atom stereocenters. The topological polar surface area (TPSA) is 61.9 Å². The Morgan fingerprint density at radius 1 is 1.30 bits per heavy atom. The molecular weight excluding hydrogens is 342 g/mol. The number of nitrogens with zero attached hydrogens (tertiary/aromatic N) is 2. The number of nitrogens with one attached hydrogen (secondary N) is 1. The smallest absolute Gasteiger partial charge is 0.253 e. The molecule has 1 spiro atoms. The maximum atomic E-state index is 12.8. The van der Waals surface area contributed by atoms with Crippen LogP contribution in [-0.2, 0) is 4.79 Å². The molecule has 27 heavy (non-hydrogen) atoms. The highest BCUT2D eigenvalue weighted by Gasteiger charge is 2.50. The summed E-state index contributed by atoms with van der Waals surface area (Å²) in [5.74, 6) is 1.44. The molecule has 2 saturated heterocycles. The van der Waals surface area contributed by atoms with Gasteiger partial charge in [0.1, 0.15) is 5.75 Å². The lowest BCUT2D eigenvalue weighted by Gasteiger charge is -2.45. The molecule has 2 aliphatic rings. The minimum atomic E-state index is -0.309. The third-order valence-electron chi connectivity index (χ3n) is 6.04.